The Morgan fingerprint density at radius 2 is 2.07 bits per heavy atom. The second kappa shape index (κ2) is 5.66. The highest BCUT2D eigenvalue weighted by molar-refractivity contribution is 9.10. The largest absolute Gasteiger partial charge is 0.317 e. The number of piperidine rings is 1. The molecule has 0 atom stereocenters. The molecule has 2 rings (SSSR count). The summed E-state index contributed by atoms with van der Waals surface area (Å²) in [6.45, 7) is 2.42. The number of benzene rings is 1. The lowest BCUT2D eigenvalue weighted by Gasteiger charge is -2.22. The van der Waals surface area contributed by atoms with E-state index in [2.05, 4.69) is 45.5 Å². The van der Waals surface area contributed by atoms with Gasteiger partial charge >= 0.3 is 0 Å². The van der Waals surface area contributed by atoms with Gasteiger partial charge in [-0.1, -0.05) is 28.1 Å². The van der Waals surface area contributed by atoms with Gasteiger partial charge in [0.25, 0.3) is 0 Å². The Morgan fingerprint density at radius 1 is 1.27 bits per heavy atom. The Bertz CT molecular complexity index is 305. The van der Waals surface area contributed by atoms with Gasteiger partial charge in [-0.15, -0.1) is 0 Å². The first-order valence-electron chi connectivity index (χ1n) is 5.80. The van der Waals surface area contributed by atoms with Gasteiger partial charge < -0.3 is 5.32 Å². The first-order valence-corrected chi connectivity index (χ1v) is 6.59. The number of nitrogens with one attached hydrogen (secondary N) is 1. The van der Waals surface area contributed by atoms with Crippen molar-refractivity contribution in [2.75, 3.05) is 13.1 Å². The zero-order valence-electron chi connectivity index (χ0n) is 9.01. The van der Waals surface area contributed by atoms with Gasteiger partial charge in [0.15, 0.2) is 0 Å². The lowest BCUT2D eigenvalue weighted by Crippen LogP contribution is -2.27. The van der Waals surface area contributed by atoms with Crippen molar-refractivity contribution in [3.8, 4) is 0 Å². The molecule has 1 aromatic rings. The molecule has 0 aliphatic carbocycles. The maximum absolute atomic E-state index is 3.52. The summed E-state index contributed by atoms with van der Waals surface area (Å²) in [5, 5.41) is 3.41. The number of hydrogen-bond donors (Lipinski definition) is 1. The molecule has 0 bridgehead atoms. The molecule has 0 aromatic heterocycles. The summed E-state index contributed by atoms with van der Waals surface area (Å²) in [4.78, 5) is 0. The molecule has 2 heteroatoms. The van der Waals surface area contributed by atoms with Gasteiger partial charge in [0, 0.05) is 4.47 Å². The predicted molar refractivity (Wildman–Crippen MR) is 68.1 cm³/mol. The van der Waals surface area contributed by atoms with Crippen molar-refractivity contribution in [2.24, 2.45) is 5.92 Å². The van der Waals surface area contributed by atoms with Crippen LogP contribution < -0.4 is 5.32 Å². The van der Waals surface area contributed by atoms with Crippen LogP contribution in [-0.2, 0) is 6.42 Å². The topological polar surface area (TPSA) is 12.0 Å². The third-order valence-corrected chi connectivity index (χ3v) is 3.68. The lowest BCUT2D eigenvalue weighted by molar-refractivity contribution is 0.354. The minimum absolute atomic E-state index is 0.935. The van der Waals surface area contributed by atoms with Gasteiger partial charge in [-0.2, -0.15) is 0 Å². The molecule has 1 aliphatic rings. The first kappa shape index (κ1) is 11.2. The molecule has 0 saturated carbocycles. The summed E-state index contributed by atoms with van der Waals surface area (Å²) < 4.78 is 1.20. The number of halogens is 1. The average molecular weight is 268 g/mol. The number of hydrogen-bond acceptors (Lipinski definition) is 1. The summed E-state index contributed by atoms with van der Waals surface area (Å²) in [6, 6.07) is 8.68. The summed E-state index contributed by atoms with van der Waals surface area (Å²) in [7, 11) is 0. The van der Waals surface area contributed by atoms with Gasteiger partial charge in [0.05, 0.1) is 0 Å². The molecule has 1 nitrogen and oxygen atoms in total. The van der Waals surface area contributed by atoms with Crippen LogP contribution in [0.25, 0.3) is 0 Å². The highest BCUT2D eigenvalue weighted by Gasteiger charge is 2.12. The van der Waals surface area contributed by atoms with E-state index in [4.69, 9.17) is 0 Å². The van der Waals surface area contributed by atoms with E-state index in [1.54, 1.807) is 0 Å². The molecule has 0 unspecified atom stereocenters. The van der Waals surface area contributed by atoms with E-state index in [0.29, 0.717) is 0 Å². The van der Waals surface area contributed by atoms with Crippen molar-refractivity contribution in [1.29, 1.82) is 0 Å². The predicted octanol–water partition coefficient (Wildman–Crippen LogP) is 3.38. The molecular weight excluding hydrogens is 250 g/mol. The van der Waals surface area contributed by atoms with E-state index < -0.39 is 0 Å². The Morgan fingerprint density at radius 3 is 2.80 bits per heavy atom. The zero-order valence-corrected chi connectivity index (χ0v) is 10.6. The van der Waals surface area contributed by atoms with Gasteiger partial charge in [0.1, 0.15) is 0 Å². The van der Waals surface area contributed by atoms with Gasteiger partial charge in [-0.3, -0.25) is 0 Å². The molecule has 1 aromatic carbocycles. The van der Waals surface area contributed by atoms with Crippen LogP contribution in [0.1, 0.15) is 24.8 Å². The molecule has 82 valence electrons. The molecule has 1 heterocycles. The van der Waals surface area contributed by atoms with Gasteiger partial charge in [0.2, 0.25) is 0 Å². The SMILES string of the molecule is Brc1cccc(CCC2CCNCC2)c1. The van der Waals surface area contributed by atoms with E-state index >= 15 is 0 Å². The van der Waals surface area contributed by atoms with Crippen molar-refractivity contribution < 1.29 is 0 Å². The Labute approximate surface area is 100 Å². The molecule has 1 saturated heterocycles. The molecular formula is C13H18BrN. The van der Waals surface area contributed by atoms with Crippen LogP contribution in [0.4, 0.5) is 0 Å². The standard InChI is InChI=1S/C13H18BrN/c14-13-3-1-2-12(10-13)5-4-11-6-8-15-9-7-11/h1-3,10-11,15H,4-9H2. The maximum atomic E-state index is 3.52. The van der Waals surface area contributed by atoms with E-state index in [-0.39, 0.29) is 0 Å². The highest BCUT2D eigenvalue weighted by Crippen LogP contribution is 2.20. The van der Waals surface area contributed by atoms with Crippen molar-refractivity contribution in [3.63, 3.8) is 0 Å². The fourth-order valence-corrected chi connectivity index (χ4v) is 2.68. The quantitative estimate of drug-likeness (QED) is 0.886. The average Bonchev–Trinajstić information content (AvgIpc) is 2.28. The number of aryl methyl sites for hydroxylation is 1. The minimum Gasteiger partial charge on any atom is -0.317 e. The molecule has 1 aliphatic heterocycles. The van der Waals surface area contributed by atoms with Gasteiger partial charge in [-0.25, -0.2) is 0 Å². The minimum atomic E-state index is 0.935. The van der Waals surface area contributed by atoms with E-state index in [0.717, 1.165) is 5.92 Å². The summed E-state index contributed by atoms with van der Waals surface area (Å²) >= 11 is 3.52. The second-order valence-electron chi connectivity index (χ2n) is 4.36. The zero-order chi connectivity index (χ0) is 10.5. The van der Waals surface area contributed by atoms with Crippen LogP contribution in [0.3, 0.4) is 0 Å². The first-order chi connectivity index (χ1) is 7.34. The molecule has 0 amide bonds. The van der Waals surface area contributed by atoms with Crippen LogP contribution in [0.2, 0.25) is 0 Å². The maximum Gasteiger partial charge on any atom is 0.0177 e. The lowest BCUT2D eigenvalue weighted by atomic mass is 9.91. The fourth-order valence-electron chi connectivity index (χ4n) is 2.23. The third kappa shape index (κ3) is 3.62. The summed E-state index contributed by atoms with van der Waals surface area (Å²) in [5.41, 5.74) is 1.46. The highest BCUT2D eigenvalue weighted by atomic mass is 79.9. The molecule has 0 radical (unpaired) electrons. The van der Waals surface area contributed by atoms with Crippen LogP contribution in [0.15, 0.2) is 28.7 Å². The van der Waals surface area contributed by atoms with Crippen LogP contribution in [-0.4, -0.2) is 13.1 Å². The van der Waals surface area contributed by atoms with Crippen LogP contribution >= 0.6 is 15.9 Å². The smallest absolute Gasteiger partial charge is 0.0177 e. The van der Waals surface area contributed by atoms with Crippen LogP contribution in [0, 0.1) is 5.92 Å². The molecule has 1 fully saturated rings. The van der Waals surface area contributed by atoms with Crippen LogP contribution in [0.5, 0.6) is 0 Å². The third-order valence-electron chi connectivity index (χ3n) is 3.19. The Balaban J connectivity index is 1.81. The summed E-state index contributed by atoms with van der Waals surface area (Å²) in [5.74, 6) is 0.935. The molecule has 15 heavy (non-hydrogen) atoms. The van der Waals surface area contributed by atoms with Crippen molar-refractivity contribution in [3.05, 3.63) is 34.3 Å². The molecule has 0 spiro atoms. The number of rotatable bonds is 3. The Hall–Kier alpha value is -0.340. The normalized spacial score (nSPS) is 17.9. The van der Waals surface area contributed by atoms with Crippen molar-refractivity contribution >= 4 is 15.9 Å². The van der Waals surface area contributed by atoms with E-state index in [1.165, 1.54) is 48.8 Å². The van der Waals surface area contributed by atoms with E-state index in [1.807, 2.05) is 0 Å². The fraction of sp³-hybridized carbons (Fsp3) is 0.538. The van der Waals surface area contributed by atoms with E-state index in [9.17, 15) is 0 Å². The monoisotopic (exact) mass is 267 g/mol. The van der Waals surface area contributed by atoms with Crippen molar-refractivity contribution in [1.82, 2.24) is 5.32 Å². The summed E-state index contributed by atoms with van der Waals surface area (Å²) in [6.07, 6.45) is 5.28. The molecule has 1 N–H and O–H groups in total. The Kier molecular flexibility index (Phi) is 4.21. The van der Waals surface area contributed by atoms with Gasteiger partial charge in [-0.05, 0) is 62.4 Å². The second-order valence-corrected chi connectivity index (χ2v) is 5.28. The van der Waals surface area contributed by atoms with Crippen molar-refractivity contribution in [2.45, 2.75) is 25.7 Å².